The SMILES string of the molecule is C=C/C=C(/CCCO)SC. The summed E-state index contributed by atoms with van der Waals surface area (Å²) >= 11 is 1.71. The molecule has 0 aliphatic carbocycles. The van der Waals surface area contributed by atoms with Gasteiger partial charge in [-0.2, -0.15) is 0 Å². The predicted octanol–water partition coefficient (Wildman–Crippen LogP) is 2.19. The number of hydrogen-bond donors (Lipinski definition) is 1. The number of aliphatic hydroxyl groups excluding tert-OH is 1. The molecule has 0 bridgehead atoms. The molecular weight excluding hydrogens is 144 g/mol. The van der Waals surface area contributed by atoms with Gasteiger partial charge in [0.05, 0.1) is 0 Å². The van der Waals surface area contributed by atoms with E-state index in [1.807, 2.05) is 12.3 Å². The molecule has 1 nitrogen and oxygen atoms in total. The molecule has 0 saturated heterocycles. The molecule has 2 heteroatoms. The van der Waals surface area contributed by atoms with E-state index in [-0.39, 0.29) is 6.61 Å². The Labute approximate surface area is 66.8 Å². The number of aliphatic hydroxyl groups is 1. The van der Waals surface area contributed by atoms with Crippen molar-refractivity contribution in [2.75, 3.05) is 12.9 Å². The summed E-state index contributed by atoms with van der Waals surface area (Å²) in [7, 11) is 0. The molecule has 0 fully saturated rings. The molecule has 0 aliphatic rings. The summed E-state index contributed by atoms with van der Waals surface area (Å²) in [5.41, 5.74) is 0. The van der Waals surface area contributed by atoms with Crippen molar-refractivity contribution in [2.45, 2.75) is 12.8 Å². The maximum atomic E-state index is 8.52. The van der Waals surface area contributed by atoms with Crippen LogP contribution in [0.25, 0.3) is 0 Å². The Hall–Kier alpha value is -0.210. The maximum absolute atomic E-state index is 8.52. The van der Waals surface area contributed by atoms with E-state index in [0.717, 1.165) is 12.8 Å². The van der Waals surface area contributed by atoms with Crippen LogP contribution in [-0.2, 0) is 0 Å². The van der Waals surface area contributed by atoms with Gasteiger partial charge < -0.3 is 5.11 Å². The van der Waals surface area contributed by atoms with Gasteiger partial charge in [-0.25, -0.2) is 0 Å². The Kier molecular flexibility index (Phi) is 6.76. The third kappa shape index (κ3) is 4.65. The molecular formula is C8H14OS. The fourth-order valence-electron chi connectivity index (χ4n) is 0.638. The molecule has 0 heterocycles. The van der Waals surface area contributed by atoms with Crippen molar-refractivity contribution < 1.29 is 5.11 Å². The monoisotopic (exact) mass is 158 g/mol. The van der Waals surface area contributed by atoms with E-state index in [1.165, 1.54) is 4.91 Å². The van der Waals surface area contributed by atoms with E-state index in [4.69, 9.17) is 5.11 Å². The fraction of sp³-hybridized carbons (Fsp3) is 0.500. The topological polar surface area (TPSA) is 20.2 Å². The lowest BCUT2D eigenvalue weighted by Crippen LogP contribution is -1.83. The van der Waals surface area contributed by atoms with Gasteiger partial charge >= 0.3 is 0 Å². The molecule has 0 aromatic carbocycles. The number of hydrogen-bond acceptors (Lipinski definition) is 2. The summed E-state index contributed by atoms with van der Waals surface area (Å²) < 4.78 is 0. The highest BCUT2D eigenvalue weighted by Gasteiger charge is 1.91. The van der Waals surface area contributed by atoms with Crippen LogP contribution in [-0.4, -0.2) is 18.0 Å². The fourth-order valence-corrected chi connectivity index (χ4v) is 1.22. The summed E-state index contributed by atoms with van der Waals surface area (Å²) in [5.74, 6) is 0. The van der Waals surface area contributed by atoms with E-state index >= 15 is 0 Å². The van der Waals surface area contributed by atoms with Crippen molar-refractivity contribution in [1.82, 2.24) is 0 Å². The average Bonchev–Trinajstić information content (AvgIpc) is 1.98. The van der Waals surface area contributed by atoms with Crippen molar-refractivity contribution in [3.8, 4) is 0 Å². The highest BCUT2D eigenvalue weighted by molar-refractivity contribution is 8.02. The first kappa shape index (κ1) is 9.79. The molecule has 1 N–H and O–H groups in total. The predicted molar refractivity (Wildman–Crippen MR) is 48.1 cm³/mol. The Morgan fingerprint density at radius 3 is 2.80 bits per heavy atom. The normalized spacial score (nSPS) is 11.6. The molecule has 10 heavy (non-hydrogen) atoms. The standard InChI is InChI=1S/C8H14OS/c1-3-5-8(10-2)6-4-7-9/h3,5,9H,1,4,6-7H2,2H3/b8-5-. The highest BCUT2D eigenvalue weighted by Crippen LogP contribution is 2.16. The molecule has 0 atom stereocenters. The van der Waals surface area contributed by atoms with E-state index < -0.39 is 0 Å². The van der Waals surface area contributed by atoms with Crippen molar-refractivity contribution in [3.05, 3.63) is 23.6 Å². The Morgan fingerprint density at radius 2 is 2.40 bits per heavy atom. The van der Waals surface area contributed by atoms with Gasteiger partial charge in [0.15, 0.2) is 0 Å². The number of allylic oxidation sites excluding steroid dienone is 3. The second-order valence-corrected chi connectivity index (χ2v) is 2.83. The first-order valence-corrected chi connectivity index (χ1v) is 4.54. The van der Waals surface area contributed by atoms with Crippen LogP contribution in [0.3, 0.4) is 0 Å². The van der Waals surface area contributed by atoms with Crippen LogP contribution in [0.4, 0.5) is 0 Å². The maximum Gasteiger partial charge on any atom is 0.0434 e. The van der Waals surface area contributed by atoms with Crippen LogP contribution in [0, 0.1) is 0 Å². The molecule has 0 unspecified atom stereocenters. The van der Waals surface area contributed by atoms with Crippen LogP contribution >= 0.6 is 11.8 Å². The molecule has 0 aromatic rings. The van der Waals surface area contributed by atoms with Crippen molar-refractivity contribution in [3.63, 3.8) is 0 Å². The molecule has 0 amide bonds. The molecule has 0 saturated carbocycles. The summed E-state index contributed by atoms with van der Waals surface area (Å²) in [6.45, 7) is 3.88. The number of rotatable bonds is 5. The van der Waals surface area contributed by atoms with Gasteiger partial charge in [0.2, 0.25) is 0 Å². The molecule has 0 spiro atoms. The highest BCUT2D eigenvalue weighted by atomic mass is 32.2. The first-order chi connectivity index (χ1) is 4.85. The smallest absolute Gasteiger partial charge is 0.0434 e. The Morgan fingerprint density at radius 1 is 1.70 bits per heavy atom. The van der Waals surface area contributed by atoms with Crippen LogP contribution in [0.1, 0.15) is 12.8 Å². The molecule has 0 rings (SSSR count). The van der Waals surface area contributed by atoms with Gasteiger partial charge in [-0.15, -0.1) is 11.8 Å². The van der Waals surface area contributed by atoms with Gasteiger partial charge in [-0.1, -0.05) is 18.7 Å². The van der Waals surface area contributed by atoms with E-state index in [9.17, 15) is 0 Å². The largest absolute Gasteiger partial charge is 0.396 e. The minimum Gasteiger partial charge on any atom is -0.396 e. The summed E-state index contributed by atoms with van der Waals surface area (Å²) in [6.07, 6.45) is 7.61. The second kappa shape index (κ2) is 6.90. The summed E-state index contributed by atoms with van der Waals surface area (Å²) in [5, 5.41) is 8.52. The van der Waals surface area contributed by atoms with Gasteiger partial charge in [-0.05, 0) is 24.0 Å². The zero-order valence-electron chi connectivity index (χ0n) is 6.34. The van der Waals surface area contributed by atoms with Crippen molar-refractivity contribution in [1.29, 1.82) is 0 Å². The van der Waals surface area contributed by atoms with E-state index in [2.05, 4.69) is 6.58 Å². The Balaban J connectivity index is 3.59. The molecule has 0 aliphatic heterocycles. The van der Waals surface area contributed by atoms with Crippen LogP contribution < -0.4 is 0 Å². The van der Waals surface area contributed by atoms with Crippen LogP contribution in [0.2, 0.25) is 0 Å². The lowest BCUT2D eigenvalue weighted by molar-refractivity contribution is 0.289. The lowest BCUT2D eigenvalue weighted by Gasteiger charge is -1.99. The number of thioether (sulfide) groups is 1. The minimum absolute atomic E-state index is 0.273. The van der Waals surface area contributed by atoms with Gasteiger partial charge in [-0.3, -0.25) is 0 Å². The third-order valence-electron chi connectivity index (χ3n) is 1.15. The minimum atomic E-state index is 0.273. The first-order valence-electron chi connectivity index (χ1n) is 3.31. The van der Waals surface area contributed by atoms with Gasteiger partial charge in [0.25, 0.3) is 0 Å². The van der Waals surface area contributed by atoms with Crippen molar-refractivity contribution >= 4 is 11.8 Å². The van der Waals surface area contributed by atoms with Gasteiger partial charge in [0, 0.05) is 6.61 Å². The zero-order valence-corrected chi connectivity index (χ0v) is 7.16. The quantitative estimate of drug-likeness (QED) is 0.619. The zero-order chi connectivity index (χ0) is 7.82. The summed E-state index contributed by atoms with van der Waals surface area (Å²) in [4.78, 5) is 1.28. The van der Waals surface area contributed by atoms with Crippen LogP contribution in [0.5, 0.6) is 0 Å². The summed E-state index contributed by atoms with van der Waals surface area (Å²) in [6, 6.07) is 0. The molecule has 0 radical (unpaired) electrons. The van der Waals surface area contributed by atoms with E-state index in [0.29, 0.717) is 0 Å². The van der Waals surface area contributed by atoms with Crippen molar-refractivity contribution in [2.24, 2.45) is 0 Å². The van der Waals surface area contributed by atoms with Gasteiger partial charge in [0.1, 0.15) is 0 Å². The third-order valence-corrected chi connectivity index (χ3v) is 2.01. The second-order valence-electron chi connectivity index (χ2n) is 1.90. The lowest BCUT2D eigenvalue weighted by atomic mass is 10.3. The molecule has 58 valence electrons. The average molecular weight is 158 g/mol. The molecule has 0 aromatic heterocycles. The van der Waals surface area contributed by atoms with E-state index in [1.54, 1.807) is 17.8 Å². The van der Waals surface area contributed by atoms with Crippen LogP contribution in [0.15, 0.2) is 23.6 Å². The Bertz CT molecular complexity index is 118.